The van der Waals surface area contributed by atoms with Gasteiger partial charge >= 0.3 is 0 Å². The van der Waals surface area contributed by atoms with E-state index in [2.05, 4.69) is 49.7 Å². The van der Waals surface area contributed by atoms with Gasteiger partial charge in [0.1, 0.15) is 11.6 Å². The molecule has 0 bridgehead atoms. The van der Waals surface area contributed by atoms with Gasteiger partial charge in [0.15, 0.2) is 0 Å². The molecule has 0 aliphatic carbocycles. The second-order valence-electron chi connectivity index (χ2n) is 8.92. The van der Waals surface area contributed by atoms with Crippen molar-refractivity contribution in [3.63, 3.8) is 0 Å². The van der Waals surface area contributed by atoms with Gasteiger partial charge in [0.25, 0.3) is 0 Å². The molecule has 0 amide bonds. The summed E-state index contributed by atoms with van der Waals surface area (Å²) in [5.41, 5.74) is 6.90. The number of aromatic nitrogens is 8. The van der Waals surface area contributed by atoms with Gasteiger partial charge in [0, 0.05) is 86.8 Å². The summed E-state index contributed by atoms with van der Waals surface area (Å²) in [4.78, 5) is 36.2. The molecule has 36 heavy (non-hydrogen) atoms. The molecule has 0 radical (unpaired) electrons. The number of halogens is 2. The fourth-order valence-electron chi connectivity index (χ4n) is 4.65. The smallest absolute Gasteiger partial charge is 0.224 e. The van der Waals surface area contributed by atoms with Crippen LogP contribution in [0.1, 0.15) is 33.9 Å². The lowest BCUT2D eigenvalue weighted by Crippen LogP contribution is -2.28. The first kappa shape index (κ1) is 24.5. The van der Waals surface area contributed by atoms with E-state index < -0.39 is 0 Å². The molecule has 0 unspecified atom stereocenters. The highest BCUT2D eigenvalue weighted by atomic mass is 35.5. The van der Waals surface area contributed by atoms with Crippen LogP contribution in [0, 0.1) is 13.8 Å². The first-order valence-electron chi connectivity index (χ1n) is 12.0. The van der Waals surface area contributed by atoms with Crippen molar-refractivity contribution in [1.82, 2.24) is 39.9 Å². The fourth-order valence-corrected chi connectivity index (χ4v) is 4.91. The molecule has 6 rings (SSSR count). The lowest BCUT2D eigenvalue weighted by atomic mass is 10.2. The third kappa shape index (κ3) is 5.44. The standard InChI is InChI=1S/2C12H14ClN5/c2*1-8-6-14-12(13)17-11(8)18-4-2-9-10(3-5-18)16-7-15-9/h2*6-7H,2-5H2,1H3,(H,15,16). The van der Waals surface area contributed by atoms with Gasteiger partial charge in [-0.15, -0.1) is 0 Å². The summed E-state index contributed by atoms with van der Waals surface area (Å²) in [6.45, 7) is 7.67. The second-order valence-corrected chi connectivity index (χ2v) is 9.60. The van der Waals surface area contributed by atoms with Gasteiger partial charge in [-0.3, -0.25) is 0 Å². The Hall–Kier alpha value is -3.24. The minimum absolute atomic E-state index is 0.302. The van der Waals surface area contributed by atoms with Crippen LogP contribution in [0.2, 0.25) is 10.6 Å². The monoisotopic (exact) mass is 526 g/mol. The molecule has 0 saturated carbocycles. The maximum atomic E-state index is 5.88. The molecule has 188 valence electrons. The molecule has 4 aromatic rings. The van der Waals surface area contributed by atoms with Gasteiger partial charge in [0.05, 0.1) is 24.0 Å². The molecule has 6 heterocycles. The van der Waals surface area contributed by atoms with E-state index in [0.29, 0.717) is 10.6 Å². The summed E-state index contributed by atoms with van der Waals surface area (Å²) in [7, 11) is 0. The average Bonchev–Trinajstić information content (AvgIpc) is 3.42. The van der Waals surface area contributed by atoms with Crippen LogP contribution in [0.5, 0.6) is 0 Å². The minimum atomic E-state index is 0.302. The Bertz CT molecular complexity index is 1190. The predicted octanol–water partition coefficient (Wildman–Crippen LogP) is 3.53. The number of hydrogen-bond donors (Lipinski definition) is 2. The topological polar surface area (TPSA) is 115 Å². The Morgan fingerprint density at radius 1 is 0.639 bits per heavy atom. The molecule has 2 N–H and O–H groups in total. The normalized spacial score (nSPS) is 15.3. The number of H-pyrrole nitrogens is 2. The molecule has 0 spiro atoms. The Balaban J connectivity index is 0.000000148. The van der Waals surface area contributed by atoms with Crippen molar-refractivity contribution in [2.75, 3.05) is 36.0 Å². The quantitative estimate of drug-likeness (QED) is 0.381. The van der Waals surface area contributed by atoms with Gasteiger partial charge < -0.3 is 19.8 Å². The van der Waals surface area contributed by atoms with Gasteiger partial charge in [-0.25, -0.2) is 29.9 Å². The molecule has 0 fully saturated rings. The number of fused-ring (bicyclic) bond motifs is 2. The summed E-state index contributed by atoms with van der Waals surface area (Å²) in [5, 5.41) is 0.605. The van der Waals surface area contributed by atoms with Crippen molar-refractivity contribution in [2.45, 2.75) is 39.5 Å². The van der Waals surface area contributed by atoms with Crippen LogP contribution in [0.4, 0.5) is 11.6 Å². The number of nitrogens with zero attached hydrogens (tertiary/aromatic N) is 8. The SMILES string of the molecule is Cc1cnc(Cl)nc1N1CCc2nc[nH]c2CC1.Cc1cnc(Cl)nc1N1CCc2nc[nH]c2CC1. The van der Waals surface area contributed by atoms with E-state index in [1.54, 1.807) is 25.0 Å². The number of aromatic amines is 2. The Morgan fingerprint density at radius 2 is 1.06 bits per heavy atom. The summed E-state index contributed by atoms with van der Waals surface area (Å²) < 4.78 is 0. The van der Waals surface area contributed by atoms with Gasteiger partial charge in [-0.2, -0.15) is 0 Å². The van der Waals surface area contributed by atoms with Crippen LogP contribution in [0.15, 0.2) is 25.0 Å². The van der Waals surface area contributed by atoms with E-state index in [0.717, 1.165) is 86.0 Å². The molecule has 0 aromatic carbocycles. The van der Waals surface area contributed by atoms with Crippen LogP contribution >= 0.6 is 23.2 Å². The van der Waals surface area contributed by atoms with Crippen molar-refractivity contribution in [2.24, 2.45) is 0 Å². The molecule has 0 atom stereocenters. The zero-order valence-corrected chi connectivity index (χ0v) is 21.8. The number of imidazole rings is 2. The number of nitrogens with one attached hydrogen (secondary N) is 2. The van der Waals surface area contributed by atoms with Crippen LogP contribution in [0.3, 0.4) is 0 Å². The molecule has 4 aromatic heterocycles. The molecule has 2 aliphatic heterocycles. The molecular formula is C24H28Cl2N10. The summed E-state index contributed by atoms with van der Waals surface area (Å²) in [6.07, 6.45) is 10.9. The average molecular weight is 527 g/mol. The maximum absolute atomic E-state index is 5.88. The van der Waals surface area contributed by atoms with Crippen LogP contribution < -0.4 is 9.80 Å². The summed E-state index contributed by atoms with van der Waals surface area (Å²) in [5.74, 6) is 1.86. The number of aryl methyl sites for hydroxylation is 2. The predicted molar refractivity (Wildman–Crippen MR) is 140 cm³/mol. The maximum Gasteiger partial charge on any atom is 0.224 e. The largest absolute Gasteiger partial charge is 0.355 e. The molecule has 0 saturated heterocycles. The zero-order chi connectivity index (χ0) is 25.1. The Labute approximate surface area is 219 Å². The highest BCUT2D eigenvalue weighted by Gasteiger charge is 2.20. The highest BCUT2D eigenvalue weighted by molar-refractivity contribution is 6.28. The molecule has 12 heteroatoms. The van der Waals surface area contributed by atoms with Crippen molar-refractivity contribution in [3.05, 3.63) is 69.5 Å². The van der Waals surface area contributed by atoms with E-state index in [-0.39, 0.29) is 0 Å². The molecule has 2 aliphatic rings. The van der Waals surface area contributed by atoms with E-state index in [9.17, 15) is 0 Å². The number of rotatable bonds is 2. The van der Waals surface area contributed by atoms with Gasteiger partial charge in [0.2, 0.25) is 10.6 Å². The van der Waals surface area contributed by atoms with E-state index >= 15 is 0 Å². The third-order valence-corrected chi connectivity index (χ3v) is 6.91. The highest BCUT2D eigenvalue weighted by Crippen LogP contribution is 2.23. The second kappa shape index (κ2) is 10.8. The number of hydrogen-bond acceptors (Lipinski definition) is 8. The zero-order valence-electron chi connectivity index (χ0n) is 20.3. The van der Waals surface area contributed by atoms with Crippen molar-refractivity contribution >= 4 is 34.8 Å². The van der Waals surface area contributed by atoms with Gasteiger partial charge in [-0.1, -0.05) is 0 Å². The Kier molecular flexibility index (Phi) is 7.33. The van der Waals surface area contributed by atoms with E-state index in [1.165, 1.54) is 11.4 Å². The third-order valence-electron chi connectivity index (χ3n) is 6.55. The van der Waals surface area contributed by atoms with Crippen LogP contribution in [0.25, 0.3) is 0 Å². The van der Waals surface area contributed by atoms with Crippen molar-refractivity contribution < 1.29 is 0 Å². The van der Waals surface area contributed by atoms with E-state index in [4.69, 9.17) is 23.2 Å². The van der Waals surface area contributed by atoms with Crippen molar-refractivity contribution in [1.29, 1.82) is 0 Å². The minimum Gasteiger partial charge on any atom is -0.355 e. The first-order valence-corrected chi connectivity index (χ1v) is 12.7. The molecular weight excluding hydrogens is 499 g/mol. The Morgan fingerprint density at radius 3 is 1.50 bits per heavy atom. The van der Waals surface area contributed by atoms with Crippen LogP contribution in [-0.2, 0) is 25.7 Å². The van der Waals surface area contributed by atoms with Crippen LogP contribution in [-0.4, -0.2) is 66.1 Å². The molecule has 10 nitrogen and oxygen atoms in total. The fraction of sp³-hybridized carbons (Fsp3) is 0.417. The summed E-state index contributed by atoms with van der Waals surface area (Å²) >= 11 is 11.8. The van der Waals surface area contributed by atoms with E-state index in [1.807, 2.05) is 13.8 Å². The van der Waals surface area contributed by atoms with Gasteiger partial charge in [-0.05, 0) is 37.0 Å². The number of anilines is 2. The lowest BCUT2D eigenvalue weighted by molar-refractivity contribution is 0.774. The van der Waals surface area contributed by atoms with Crippen molar-refractivity contribution in [3.8, 4) is 0 Å². The summed E-state index contributed by atoms with van der Waals surface area (Å²) in [6, 6.07) is 0. The first-order chi connectivity index (χ1) is 17.5. The lowest BCUT2D eigenvalue weighted by Gasteiger charge is -2.22.